The number of rotatable bonds is 2. The molecule has 0 aliphatic rings. The smallest absolute Gasteiger partial charge is 0.236 e. The Morgan fingerprint density at radius 3 is 2.26 bits per heavy atom. The van der Waals surface area contributed by atoms with Gasteiger partial charge in [-0.2, -0.15) is 4.57 Å². The van der Waals surface area contributed by atoms with Crippen molar-refractivity contribution in [1.82, 2.24) is 4.57 Å². The molecule has 0 N–H and O–H groups in total. The molecule has 0 unspecified atom stereocenters. The van der Waals surface area contributed by atoms with Gasteiger partial charge in [0.05, 0.1) is 13.2 Å². The second kappa shape index (κ2) is 6.23. The van der Waals surface area contributed by atoms with Crippen molar-refractivity contribution in [3.8, 4) is 5.82 Å². The summed E-state index contributed by atoms with van der Waals surface area (Å²) in [6.45, 7) is 13.5. The van der Waals surface area contributed by atoms with Gasteiger partial charge in [-0.25, -0.2) is 4.57 Å². The Kier molecular flexibility index (Phi) is 4.10. The molecule has 0 aliphatic heterocycles. The fraction of sp³-hybridized carbons (Fsp3) is 0.320. The van der Waals surface area contributed by atoms with Crippen LogP contribution in [0.4, 0.5) is 0 Å². The minimum atomic E-state index is 0.509. The van der Waals surface area contributed by atoms with Crippen LogP contribution in [0.1, 0.15) is 47.6 Å². The zero-order valence-corrected chi connectivity index (χ0v) is 17.5. The molecule has 2 aromatic carbocycles. The monoisotopic (exact) mass is 357 g/mol. The number of para-hydroxylation sites is 1. The average Bonchev–Trinajstić information content (AvgIpc) is 2.92. The predicted molar refractivity (Wildman–Crippen MR) is 115 cm³/mol. The third kappa shape index (κ3) is 2.58. The Bertz CT molecular complexity index is 1190. The lowest BCUT2D eigenvalue weighted by Crippen LogP contribution is -2.34. The standard InChI is InChI=1S/C25H29N2/c1-15(2)24-17(4)12-21-20-10-8-9-11-22(20)27(25(21)19(24)6)23-13-16(3)18(5)14-26(23)7/h8-15H,1-7H3/q+1. The first kappa shape index (κ1) is 17.8. The summed E-state index contributed by atoms with van der Waals surface area (Å²) in [5.74, 6) is 1.72. The minimum Gasteiger partial charge on any atom is -0.236 e. The van der Waals surface area contributed by atoms with Crippen LogP contribution in [0, 0.1) is 27.7 Å². The number of benzene rings is 2. The molecule has 4 aromatic rings. The van der Waals surface area contributed by atoms with Crippen molar-refractivity contribution < 1.29 is 4.57 Å². The summed E-state index contributed by atoms with van der Waals surface area (Å²) in [6.07, 6.45) is 2.23. The van der Waals surface area contributed by atoms with E-state index in [0.717, 1.165) is 0 Å². The first-order valence-electron chi connectivity index (χ1n) is 9.81. The van der Waals surface area contributed by atoms with Crippen LogP contribution in [0.25, 0.3) is 27.6 Å². The molecule has 0 spiro atoms. The molecule has 0 saturated carbocycles. The van der Waals surface area contributed by atoms with Gasteiger partial charge in [0.1, 0.15) is 11.0 Å². The van der Waals surface area contributed by atoms with Gasteiger partial charge in [0, 0.05) is 22.4 Å². The molecule has 0 amide bonds. The zero-order valence-electron chi connectivity index (χ0n) is 17.5. The van der Waals surface area contributed by atoms with Crippen LogP contribution in [-0.2, 0) is 7.05 Å². The molecule has 27 heavy (non-hydrogen) atoms. The van der Waals surface area contributed by atoms with Crippen LogP contribution < -0.4 is 4.57 Å². The van der Waals surface area contributed by atoms with Crippen molar-refractivity contribution in [2.45, 2.75) is 47.5 Å². The Hall–Kier alpha value is -2.61. The van der Waals surface area contributed by atoms with Gasteiger partial charge in [0.15, 0.2) is 0 Å². The first-order valence-corrected chi connectivity index (χ1v) is 9.81. The summed E-state index contributed by atoms with van der Waals surface area (Å²) < 4.78 is 4.71. The quantitative estimate of drug-likeness (QED) is 0.391. The topological polar surface area (TPSA) is 8.81 Å². The molecular weight excluding hydrogens is 328 g/mol. The molecule has 138 valence electrons. The Morgan fingerprint density at radius 1 is 0.852 bits per heavy atom. The number of pyridine rings is 1. The molecule has 0 aliphatic carbocycles. The lowest BCUT2D eigenvalue weighted by molar-refractivity contribution is -0.665. The number of aryl methyl sites for hydroxylation is 5. The van der Waals surface area contributed by atoms with Gasteiger partial charge in [-0.1, -0.05) is 26.0 Å². The van der Waals surface area contributed by atoms with E-state index in [1.54, 1.807) is 0 Å². The van der Waals surface area contributed by atoms with E-state index in [2.05, 4.69) is 100 Å². The lowest BCUT2D eigenvalue weighted by atomic mass is 9.91. The van der Waals surface area contributed by atoms with Crippen molar-refractivity contribution >= 4 is 21.8 Å². The van der Waals surface area contributed by atoms with Gasteiger partial charge in [-0.05, 0) is 74.1 Å². The van der Waals surface area contributed by atoms with Crippen LogP contribution in [0.3, 0.4) is 0 Å². The average molecular weight is 358 g/mol. The maximum atomic E-state index is 2.46. The summed E-state index contributed by atoms with van der Waals surface area (Å²) >= 11 is 0. The van der Waals surface area contributed by atoms with Gasteiger partial charge in [0.25, 0.3) is 5.82 Å². The molecule has 2 heterocycles. The highest BCUT2D eigenvalue weighted by atomic mass is 15.1. The second-order valence-electron chi connectivity index (χ2n) is 8.24. The third-order valence-corrected chi connectivity index (χ3v) is 5.98. The van der Waals surface area contributed by atoms with Gasteiger partial charge in [-0.3, -0.25) is 0 Å². The van der Waals surface area contributed by atoms with Gasteiger partial charge >= 0.3 is 0 Å². The van der Waals surface area contributed by atoms with Gasteiger partial charge in [-0.15, -0.1) is 0 Å². The van der Waals surface area contributed by atoms with E-state index in [0.29, 0.717) is 5.92 Å². The molecule has 2 aromatic heterocycles. The van der Waals surface area contributed by atoms with Crippen LogP contribution >= 0.6 is 0 Å². The van der Waals surface area contributed by atoms with E-state index in [1.807, 2.05) is 0 Å². The fourth-order valence-electron chi connectivity index (χ4n) is 4.71. The highest BCUT2D eigenvalue weighted by molar-refractivity contribution is 6.10. The summed E-state index contributed by atoms with van der Waals surface area (Å²) in [7, 11) is 2.15. The lowest BCUT2D eigenvalue weighted by Gasteiger charge is -2.15. The van der Waals surface area contributed by atoms with Crippen molar-refractivity contribution in [1.29, 1.82) is 0 Å². The predicted octanol–water partition coefficient (Wildman–Crippen LogP) is 5.97. The number of aromatic nitrogens is 2. The summed E-state index contributed by atoms with van der Waals surface area (Å²) in [4.78, 5) is 0. The Balaban J connectivity index is 2.26. The van der Waals surface area contributed by atoms with Crippen LogP contribution in [0.5, 0.6) is 0 Å². The number of hydrogen-bond acceptors (Lipinski definition) is 0. The molecular formula is C25H29N2+. The van der Waals surface area contributed by atoms with E-state index in [4.69, 9.17) is 0 Å². The molecule has 2 nitrogen and oxygen atoms in total. The highest BCUT2D eigenvalue weighted by Crippen LogP contribution is 2.37. The van der Waals surface area contributed by atoms with E-state index >= 15 is 0 Å². The second-order valence-corrected chi connectivity index (χ2v) is 8.24. The molecule has 0 saturated heterocycles. The molecule has 4 rings (SSSR count). The van der Waals surface area contributed by atoms with Crippen LogP contribution in [0.2, 0.25) is 0 Å². The Morgan fingerprint density at radius 2 is 1.56 bits per heavy atom. The number of nitrogens with zero attached hydrogens (tertiary/aromatic N) is 2. The maximum absolute atomic E-state index is 2.46. The van der Waals surface area contributed by atoms with Crippen LogP contribution in [-0.4, -0.2) is 4.57 Å². The summed E-state index contributed by atoms with van der Waals surface area (Å²) in [5.41, 5.74) is 9.51. The Labute approximate surface area is 162 Å². The molecule has 2 heteroatoms. The molecule has 0 atom stereocenters. The van der Waals surface area contributed by atoms with E-state index < -0.39 is 0 Å². The summed E-state index contributed by atoms with van der Waals surface area (Å²) in [6, 6.07) is 13.5. The van der Waals surface area contributed by atoms with Gasteiger partial charge < -0.3 is 0 Å². The SMILES string of the molecule is Cc1cc(-n2c3ccccc3c3cc(C)c(C(C)C)c(C)c32)[n+](C)cc1C. The van der Waals surface area contributed by atoms with Crippen LogP contribution in [0.15, 0.2) is 42.6 Å². The van der Waals surface area contributed by atoms with Crippen molar-refractivity contribution in [2.75, 3.05) is 0 Å². The van der Waals surface area contributed by atoms with E-state index in [1.165, 1.54) is 55.4 Å². The van der Waals surface area contributed by atoms with Crippen molar-refractivity contribution in [3.05, 3.63) is 70.4 Å². The highest BCUT2D eigenvalue weighted by Gasteiger charge is 2.25. The number of hydrogen-bond donors (Lipinski definition) is 0. The summed E-state index contributed by atoms with van der Waals surface area (Å²) in [5, 5.41) is 2.68. The molecule has 0 radical (unpaired) electrons. The van der Waals surface area contributed by atoms with E-state index in [-0.39, 0.29) is 0 Å². The molecule has 0 bridgehead atoms. The largest absolute Gasteiger partial charge is 0.286 e. The van der Waals surface area contributed by atoms with Gasteiger partial charge in [0.2, 0.25) is 0 Å². The van der Waals surface area contributed by atoms with Crippen molar-refractivity contribution in [2.24, 2.45) is 7.05 Å². The minimum absolute atomic E-state index is 0.509. The van der Waals surface area contributed by atoms with Crippen molar-refractivity contribution in [3.63, 3.8) is 0 Å². The molecule has 0 fully saturated rings. The first-order chi connectivity index (χ1) is 12.8. The fourth-order valence-corrected chi connectivity index (χ4v) is 4.71. The normalized spacial score (nSPS) is 11.9. The van der Waals surface area contributed by atoms with E-state index in [9.17, 15) is 0 Å². The third-order valence-electron chi connectivity index (χ3n) is 5.98. The maximum Gasteiger partial charge on any atom is 0.286 e. The number of fused-ring (bicyclic) bond motifs is 3. The zero-order chi connectivity index (χ0) is 19.5.